The van der Waals surface area contributed by atoms with E-state index in [9.17, 15) is 9.59 Å². The number of furan rings is 1. The van der Waals surface area contributed by atoms with Gasteiger partial charge in [0.05, 0.1) is 18.4 Å². The molecule has 2 unspecified atom stereocenters. The molecule has 2 aliphatic carbocycles. The molecule has 29 heavy (non-hydrogen) atoms. The van der Waals surface area contributed by atoms with E-state index >= 15 is 0 Å². The summed E-state index contributed by atoms with van der Waals surface area (Å²) in [6.07, 6.45) is 7.19. The number of fused-ring (bicyclic) bond motifs is 2. The van der Waals surface area contributed by atoms with Crippen LogP contribution in [0.4, 0.5) is 5.13 Å². The minimum atomic E-state index is -0.350. The SMILES string of the molecule is Cl.Cl.NC1CC2CCCC(C1)C2NC(=O)Cc1csc(NC(=O)c2ccco2)n1. The van der Waals surface area contributed by atoms with E-state index in [1.165, 1.54) is 24.0 Å². The molecule has 2 bridgehead atoms. The Kier molecular flexibility index (Phi) is 8.51. The van der Waals surface area contributed by atoms with Gasteiger partial charge >= 0.3 is 0 Å². The van der Waals surface area contributed by atoms with Crippen molar-refractivity contribution in [2.24, 2.45) is 17.6 Å². The van der Waals surface area contributed by atoms with Gasteiger partial charge in [0, 0.05) is 17.5 Å². The molecule has 2 amide bonds. The molecule has 2 aliphatic rings. The monoisotopic (exact) mass is 460 g/mol. The third-order valence-corrected chi connectivity index (χ3v) is 6.37. The van der Waals surface area contributed by atoms with Crippen LogP contribution in [0.3, 0.4) is 0 Å². The Bertz CT molecular complexity index is 800. The summed E-state index contributed by atoms with van der Waals surface area (Å²) in [5, 5.41) is 8.17. The number of carbonyl (C=O) groups excluding carboxylic acids is 2. The van der Waals surface area contributed by atoms with Crippen LogP contribution >= 0.6 is 36.2 Å². The van der Waals surface area contributed by atoms with Gasteiger partial charge in [-0.15, -0.1) is 36.2 Å². The standard InChI is InChI=1S/C19H24N4O3S.2ClH/c20-13-7-11-3-1-4-12(8-13)17(11)22-16(24)9-14-10-27-19(21-14)23-18(25)15-5-2-6-26-15;;/h2,5-6,10-13,17H,1,3-4,7-9,20H2,(H,22,24)(H,21,23,25);2*1H. The van der Waals surface area contributed by atoms with Crippen LogP contribution in [0, 0.1) is 11.8 Å². The highest BCUT2D eigenvalue weighted by molar-refractivity contribution is 7.14. The lowest BCUT2D eigenvalue weighted by Crippen LogP contribution is -2.54. The van der Waals surface area contributed by atoms with Crippen LogP contribution in [0.15, 0.2) is 28.2 Å². The molecular formula is C19H26Cl2N4O3S. The molecule has 160 valence electrons. The lowest BCUT2D eigenvalue weighted by Gasteiger charge is -2.45. The third kappa shape index (κ3) is 5.72. The number of nitrogens with one attached hydrogen (secondary N) is 2. The number of thiazole rings is 1. The van der Waals surface area contributed by atoms with Gasteiger partial charge in [-0.05, 0) is 49.7 Å². The number of rotatable bonds is 5. The van der Waals surface area contributed by atoms with Crippen molar-refractivity contribution in [1.82, 2.24) is 10.3 Å². The molecule has 7 nitrogen and oxygen atoms in total. The quantitative estimate of drug-likeness (QED) is 0.632. The minimum Gasteiger partial charge on any atom is -0.459 e. The number of nitrogens with two attached hydrogens (primary N) is 1. The maximum absolute atomic E-state index is 12.5. The van der Waals surface area contributed by atoms with Crippen LogP contribution < -0.4 is 16.4 Å². The van der Waals surface area contributed by atoms with Crippen molar-refractivity contribution in [2.75, 3.05) is 5.32 Å². The maximum Gasteiger partial charge on any atom is 0.293 e. The summed E-state index contributed by atoms with van der Waals surface area (Å²) in [7, 11) is 0. The Morgan fingerprint density at radius 2 is 1.97 bits per heavy atom. The maximum atomic E-state index is 12.5. The van der Waals surface area contributed by atoms with Crippen molar-refractivity contribution in [3.63, 3.8) is 0 Å². The predicted octanol–water partition coefficient (Wildman–Crippen LogP) is 3.40. The van der Waals surface area contributed by atoms with Gasteiger partial charge in [-0.25, -0.2) is 4.98 Å². The van der Waals surface area contributed by atoms with Crippen LogP contribution in [-0.4, -0.2) is 28.9 Å². The highest BCUT2D eigenvalue weighted by Crippen LogP contribution is 2.39. The summed E-state index contributed by atoms with van der Waals surface area (Å²) >= 11 is 1.30. The smallest absolute Gasteiger partial charge is 0.293 e. The van der Waals surface area contributed by atoms with E-state index in [0.717, 1.165) is 25.7 Å². The zero-order valence-corrected chi connectivity index (χ0v) is 18.3. The summed E-state index contributed by atoms with van der Waals surface area (Å²) < 4.78 is 5.06. The lowest BCUT2D eigenvalue weighted by molar-refractivity contribution is -0.122. The van der Waals surface area contributed by atoms with Crippen molar-refractivity contribution < 1.29 is 14.0 Å². The first-order valence-corrected chi connectivity index (χ1v) is 10.3. The molecule has 2 aromatic heterocycles. The molecule has 4 N–H and O–H groups in total. The van der Waals surface area contributed by atoms with Crippen molar-refractivity contribution in [1.29, 1.82) is 0 Å². The largest absolute Gasteiger partial charge is 0.459 e. The summed E-state index contributed by atoms with van der Waals surface area (Å²) in [6, 6.07) is 3.75. The molecular weight excluding hydrogens is 435 g/mol. The second kappa shape index (κ2) is 10.4. The van der Waals surface area contributed by atoms with Gasteiger partial charge in [0.2, 0.25) is 5.91 Å². The molecule has 2 aromatic rings. The first kappa shape index (κ1) is 23.7. The van der Waals surface area contributed by atoms with Gasteiger partial charge < -0.3 is 15.5 Å². The van der Waals surface area contributed by atoms with E-state index in [0.29, 0.717) is 22.7 Å². The fourth-order valence-corrected chi connectivity index (χ4v) is 5.14. The van der Waals surface area contributed by atoms with Crippen LogP contribution in [0.25, 0.3) is 0 Å². The van der Waals surface area contributed by atoms with Crippen LogP contribution in [0.5, 0.6) is 0 Å². The van der Waals surface area contributed by atoms with Gasteiger partial charge in [-0.3, -0.25) is 14.9 Å². The molecule has 0 aromatic carbocycles. The van der Waals surface area contributed by atoms with Crippen molar-refractivity contribution in [2.45, 2.75) is 50.6 Å². The number of aromatic nitrogens is 1. The molecule has 2 heterocycles. The Labute approximate surface area is 186 Å². The molecule has 0 spiro atoms. The average molecular weight is 461 g/mol. The highest BCUT2D eigenvalue weighted by atomic mass is 35.5. The number of hydrogen-bond donors (Lipinski definition) is 3. The van der Waals surface area contributed by atoms with Crippen molar-refractivity contribution in [3.05, 3.63) is 35.2 Å². The molecule has 10 heteroatoms. The summed E-state index contributed by atoms with van der Waals surface area (Å²) in [5.41, 5.74) is 6.81. The van der Waals surface area contributed by atoms with Gasteiger partial charge in [0.15, 0.2) is 10.9 Å². The van der Waals surface area contributed by atoms with Crippen LogP contribution in [0.2, 0.25) is 0 Å². The van der Waals surface area contributed by atoms with E-state index in [-0.39, 0.29) is 60.9 Å². The molecule has 2 saturated carbocycles. The second-order valence-corrected chi connectivity index (χ2v) is 8.39. The molecule has 2 atom stereocenters. The zero-order valence-electron chi connectivity index (χ0n) is 15.8. The first-order chi connectivity index (χ1) is 13.1. The summed E-state index contributed by atoms with van der Waals surface area (Å²) in [6.45, 7) is 0. The summed E-state index contributed by atoms with van der Waals surface area (Å²) in [5.74, 6) is 0.856. The molecule has 0 aliphatic heterocycles. The number of hydrogen-bond acceptors (Lipinski definition) is 6. The number of halogens is 2. The van der Waals surface area contributed by atoms with Gasteiger partial charge in [0.25, 0.3) is 5.91 Å². The molecule has 2 fully saturated rings. The third-order valence-electron chi connectivity index (χ3n) is 5.56. The average Bonchev–Trinajstić information content (AvgIpc) is 3.28. The van der Waals surface area contributed by atoms with Gasteiger partial charge in [-0.1, -0.05) is 6.42 Å². The van der Waals surface area contributed by atoms with E-state index in [1.54, 1.807) is 17.5 Å². The van der Waals surface area contributed by atoms with E-state index in [1.807, 2.05) is 0 Å². The molecule has 0 radical (unpaired) electrons. The van der Waals surface area contributed by atoms with Crippen molar-refractivity contribution in [3.8, 4) is 0 Å². The molecule has 4 rings (SSSR count). The lowest BCUT2D eigenvalue weighted by atomic mass is 9.67. The zero-order chi connectivity index (χ0) is 18.8. The van der Waals surface area contributed by atoms with E-state index in [2.05, 4.69) is 15.6 Å². The first-order valence-electron chi connectivity index (χ1n) is 9.42. The highest BCUT2D eigenvalue weighted by Gasteiger charge is 2.39. The normalized spacial score (nSPS) is 25.3. The van der Waals surface area contributed by atoms with Crippen LogP contribution in [-0.2, 0) is 11.2 Å². The van der Waals surface area contributed by atoms with Gasteiger partial charge in [0.1, 0.15) is 0 Å². The Morgan fingerprint density at radius 3 is 2.62 bits per heavy atom. The topological polar surface area (TPSA) is 110 Å². The fourth-order valence-electron chi connectivity index (χ4n) is 4.44. The summed E-state index contributed by atoms with van der Waals surface area (Å²) in [4.78, 5) is 28.9. The Hall–Kier alpha value is -1.61. The van der Waals surface area contributed by atoms with E-state index in [4.69, 9.17) is 10.2 Å². The Morgan fingerprint density at radius 1 is 1.24 bits per heavy atom. The van der Waals surface area contributed by atoms with Gasteiger partial charge in [-0.2, -0.15) is 0 Å². The minimum absolute atomic E-state index is 0. The second-order valence-electron chi connectivity index (χ2n) is 7.53. The predicted molar refractivity (Wildman–Crippen MR) is 117 cm³/mol. The molecule has 0 saturated heterocycles. The number of amides is 2. The fraction of sp³-hybridized carbons (Fsp3) is 0.526. The van der Waals surface area contributed by atoms with E-state index < -0.39 is 0 Å². The Balaban J connectivity index is 0.00000150. The number of anilines is 1. The number of carbonyl (C=O) groups is 2. The number of nitrogens with zero attached hydrogens (tertiary/aromatic N) is 1. The van der Waals surface area contributed by atoms with Crippen LogP contribution in [0.1, 0.15) is 48.4 Å². The van der Waals surface area contributed by atoms with Crippen molar-refractivity contribution >= 4 is 53.1 Å².